The molecule has 1 N–H and O–H groups in total. The van der Waals surface area contributed by atoms with Crippen LogP contribution in [0.4, 0.5) is 11.4 Å². The Morgan fingerprint density at radius 1 is 0.564 bits per heavy atom. The number of para-hydroxylation sites is 1. The Labute approximate surface area is 226 Å². The summed E-state index contributed by atoms with van der Waals surface area (Å²) in [5.74, 6) is 0. The zero-order valence-electron chi connectivity index (χ0n) is 21.4. The molecule has 0 amide bonds. The van der Waals surface area contributed by atoms with Crippen molar-refractivity contribution >= 4 is 38.9 Å². The molecule has 6 aromatic rings. The fourth-order valence-corrected chi connectivity index (χ4v) is 7.51. The number of rotatable bonds is 2. The Hall–Kier alpha value is -4.82. The second-order valence-electron chi connectivity index (χ2n) is 10.8. The van der Waals surface area contributed by atoms with Crippen molar-refractivity contribution < 1.29 is 4.42 Å². The van der Waals surface area contributed by atoms with Crippen LogP contribution >= 0.6 is 0 Å². The lowest BCUT2D eigenvalue weighted by molar-refractivity contribution is 0.669. The van der Waals surface area contributed by atoms with Gasteiger partial charge < -0.3 is 9.73 Å². The minimum absolute atomic E-state index is 0.291. The first-order valence-electron chi connectivity index (χ1n) is 13.8. The number of hydrogen-bond donors (Lipinski definition) is 1. The maximum atomic E-state index is 6.20. The summed E-state index contributed by atoms with van der Waals surface area (Å²) >= 11 is 0. The van der Waals surface area contributed by atoms with Crippen LogP contribution in [0, 0.1) is 0 Å². The van der Waals surface area contributed by atoms with E-state index in [2.05, 4.69) is 115 Å². The molecule has 0 saturated carbocycles. The summed E-state index contributed by atoms with van der Waals surface area (Å²) in [6, 6.07) is 39.4. The van der Waals surface area contributed by atoms with Crippen LogP contribution in [0.1, 0.15) is 35.1 Å². The van der Waals surface area contributed by atoms with E-state index in [4.69, 9.17) is 4.42 Å². The predicted molar refractivity (Wildman–Crippen MR) is 160 cm³/mol. The number of hydrogen-bond acceptors (Lipinski definition) is 2. The van der Waals surface area contributed by atoms with Crippen molar-refractivity contribution in [2.24, 2.45) is 0 Å². The summed E-state index contributed by atoms with van der Waals surface area (Å²) in [5.41, 5.74) is 14.7. The van der Waals surface area contributed by atoms with Crippen LogP contribution in [0.5, 0.6) is 0 Å². The van der Waals surface area contributed by atoms with Crippen LogP contribution < -0.4 is 5.32 Å². The average Bonchev–Trinajstić information content (AvgIpc) is 3.62. The van der Waals surface area contributed by atoms with Crippen LogP contribution in [-0.2, 0) is 5.41 Å². The first-order chi connectivity index (χ1) is 19.4. The van der Waals surface area contributed by atoms with E-state index in [1.54, 1.807) is 0 Å². The zero-order valence-corrected chi connectivity index (χ0v) is 21.4. The number of furan rings is 1. The monoisotopic (exact) mass is 499 g/mol. The molecule has 3 aliphatic carbocycles. The topological polar surface area (TPSA) is 25.2 Å². The summed E-state index contributed by atoms with van der Waals surface area (Å²) in [4.78, 5) is 0. The van der Waals surface area contributed by atoms with E-state index >= 15 is 0 Å². The molecule has 5 aromatic carbocycles. The molecular formula is C37H25NO. The Balaban J connectivity index is 1.33. The van der Waals surface area contributed by atoms with Gasteiger partial charge in [-0.1, -0.05) is 97.1 Å². The molecular weight excluding hydrogens is 474 g/mol. The van der Waals surface area contributed by atoms with E-state index in [0.717, 1.165) is 46.2 Å². The van der Waals surface area contributed by atoms with Crippen LogP contribution in [0.2, 0.25) is 0 Å². The molecule has 1 atom stereocenters. The molecule has 184 valence electrons. The van der Waals surface area contributed by atoms with E-state index < -0.39 is 0 Å². The number of nitrogens with one attached hydrogen (secondary N) is 1. The summed E-state index contributed by atoms with van der Waals surface area (Å²) < 4.78 is 6.20. The van der Waals surface area contributed by atoms with Crippen LogP contribution in [0.3, 0.4) is 0 Å². The lowest BCUT2D eigenvalue weighted by atomic mass is 9.69. The quantitative estimate of drug-likeness (QED) is 0.256. The fraction of sp³-hybridized carbons (Fsp3) is 0.0811. The van der Waals surface area contributed by atoms with Crippen molar-refractivity contribution in [1.82, 2.24) is 0 Å². The molecule has 1 spiro atoms. The van der Waals surface area contributed by atoms with Crippen LogP contribution in [-0.4, -0.2) is 0 Å². The van der Waals surface area contributed by atoms with Gasteiger partial charge in [0.05, 0.1) is 16.5 Å². The third kappa shape index (κ3) is 2.61. The van der Waals surface area contributed by atoms with Gasteiger partial charge in [0.15, 0.2) is 0 Å². The molecule has 0 radical (unpaired) electrons. The van der Waals surface area contributed by atoms with E-state index in [-0.39, 0.29) is 5.41 Å². The third-order valence-electron chi connectivity index (χ3n) is 8.92. The summed E-state index contributed by atoms with van der Waals surface area (Å²) in [6.45, 7) is 0. The number of fused-ring (bicyclic) bond motifs is 13. The third-order valence-corrected chi connectivity index (χ3v) is 8.92. The molecule has 0 aliphatic heterocycles. The summed E-state index contributed by atoms with van der Waals surface area (Å²) in [6.07, 6.45) is 7.14. The van der Waals surface area contributed by atoms with E-state index in [0.29, 0.717) is 0 Å². The van der Waals surface area contributed by atoms with Crippen LogP contribution in [0.15, 0.2) is 131 Å². The van der Waals surface area contributed by atoms with Gasteiger partial charge in [0, 0.05) is 16.6 Å². The van der Waals surface area contributed by atoms with Gasteiger partial charge >= 0.3 is 0 Å². The van der Waals surface area contributed by atoms with Gasteiger partial charge in [-0.2, -0.15) is 0 Å². The maximum Gasteiger partial charge on any atom is 0.137 e. The fourth-order valence-electron chi connectivity index (χ4n) is 7.51. The lowest BCUT2D eigenvalue weighted by Gasteiger charge is -2.31. The highest BCUT2D eigenvalue weighted by Gasteiger charge is 2.53. The van der Waals surface area contributed by atoms with Gasteiger partial charge in [0.25, 0.3) is 0 Å². The molecule has 1 heterocycles. The van der Waals surface area contributed by atoms with E-state index in [9.17, 15) is 0 Å². The summed E-state index contributed by atoms with van der Waals surface area (Å²) in [7, 11) is 0. The van der Waals surface area contributed by atoms with Gasteiger partial charge in [0.2, 0.25) is 0 Å². The Bertz CT molecular complexity index is 2060. The largest absolute Gasteiger partial charge is 0.456 e. The van der Waals surface area contributed by atoms with Gasteiger partial charge in [0.1, 0.15) is 11.2 Å². The van der Waals surface area contributed by atoms with Crippen molar-refractivity contribution in [3.8, 4) is 11.1 Å². The minimum atomic E-state index is -0.291. The molecule has 0 saturated heterocycles. The zero-order chi connectivity index (χ0) is 25.6. The molecule has 9 rings (SSSR count). The second kappa shape index (κ2) is 7.61. The lowest BCUT2D eigenvalue weighted by Crippen LogP contribution is -2.26. The molecule has 2 nitrogen and oxygen atoms in total. The van der Waals surface area contributed by atoms with Gasteiger partial charge in [-0.25, -0.2) is 0 Å². The highest BCUT2D eigenvalue weighted by atomic mass is 16.3. The predicted octanol–water partition coefficient (Wildman–Crippen LogP) is 9.76. The van der Waals surface area contributed by atoms with Gasteiger partial charge in [-0.3, -0.25) is 0 Å². The Kier molecular flexibility index (Phi) is 4.13. The summed E-state index contributed by atoms with van der Waals surface area (Å²) in [5, 5.41) is 6.13. The van der Waals surface area contributed by atoms with E-state index in [1.165, 1.54) is 44.5 Å². The molecule has 0 bridgehead atoms. The van der Waals surface area contributed by atoms with Crippen molar-refractivity contribution in [1.29, 1.82) is 0 Å². The first kappa shape index (κ1) is 21.2. The van der Waals surface area contributed by atoms with Crippen molar-refractivity contribution in [3.05, 3.63) is 149 Å². The SMILES string of the molecule is C1=C2C(=CCC1)C1(c3ccccc32)c2ccccc2-c2c(Nc3cccc4oc5ccccc5c34)cccc21. The van der Waals surface area contributed by atoms with Crippen LogP contribution in [0.25, 0.3) is 38.6 Å². The normalized spacial score (nSPS) is 18.5. The molecule has 1 aromatic heterocycles. The highest BCUT2D eigenvalue weighted by molar-refractivity contribution is 6.12. The van der Waals surface area contributed by atoms with Gasteiger partial charge in [-0.15, -0.1) is 0 Å². The number of anilines is 2. The molecule has 39 heavy (non-hydrogen) atoms. The Morgan fingerprint density at radius 2 is 1.23 bits per heavy atom. The van der Waals surface area contributed by atoms with Gasteiger partial charge in [-0.05, 0) is 76.1 Å². The molecule has 3 aliphatic rings. The second-order valence-corrected chi connectivity index (χ2v) is 10.8. The highest BCUT2D eigenvalue weighted by Crippen LogP contribution is 2.65. The van der Waals surface area contributed by atoms with E-state index in [1.807, 2.05) is 12.1 Å². The minimum Gasteiger partial charge on any atom is -0.456 e. The van der Waals surface area contributed by atoms with Crippen molar-refractivity contribution in [2.45, 2.75) is 18.3 Å². The maximum absolute atomic E-state index is 6.20. The molecule has 0 fully saturated rings. The van der Waals surface area contributed by atoms with Crippen molar-refractivity contribution in [2.75, 3.05) is 5.32 Å². The average molecular weight is 500 g/mol. The smallest absolute Gasteiger partial charge is 0.137 e. The molecule has 2 heteroatoms. The van der Waals surface area contributed by atoms with Crippen molar-refractivity contribution in [3.63, 3.8) is 0 Å². The number of benzene rings is 5. The molecule has 1 unspecified atom stereocenters. The first-order valence-corrected chi connectivity index (χ1v) is 13.8. The standard InChI is InChI=1S/C37H25NO/c1-5-15-27-23(11-1)24-12-2-6-16-28(24)37(27)29-17-7-3-13-25(29)35-30(37)18-9-19-31(35)38-32-20-10-22-34-36(32)26-14-4-8-21-33(26)39-34/h1,3-5,7-22,38H,2,6H2. The number of allylic oxidation sites excluding steroid dienone is 4. The Morgan fingerprint density at radius 3 is 2.15 bits per heavy atom.